The van der Waals surface area contributed by atoms with E-state index in [1.807, 2.05) is 6.92 Å². The van der Waals surface area contributed by atoms with Gasteiger partial charge in [-0.05, 0) is 80.9 Å². The number of aromatic amines is 1. The minimum atomic E-state index is -0.945. The Morgan fingerprint density at radius 1 is 1.19 bits per heavy atom. The van der Waals surface area contributed by atoms with Gasteiger partial charge in [-0.1, -0.05) is 24.3 Å². The smallest absolute Gasteiger partial charge is 0.407 e. The third-order valence-corrected chi connectivity index (χ3v) is 10.0. The molecule has 0 saturated carbocycles. The van der Waals surface area contributed by atoms with E-state index in [0.717, 1.165) is 38.8 Å². The summed E-state index contributed by atoms with van der Waals surface area (Å²) in [5.74, 6) is -1.31. The van der Waals surface area contributed by atoms with Crippen LogP contribution in [0.1, 0.15) is 51.0 Å². The van der Waals surface area contributed by atoms with Crippen LogP contribution in [0.15, 0.2) is 41.3 Å². The van der Waals surface area contributed by atoms with Gasteiger partial charge in [-0.25, -0.2) is 18.0 Å². The maximum absolute atomic E-state index is 16.3. The van der Waals surface area contributed by atoms with Gasteiger partial charge in [0, 0.05) is 37.8 Å². The number of carbonyl (C=O) groups excluding carboxylic acids is 1. The van der Waals surface area contributed by atoms with Gasteiger partial charge in [-0.3, -0.25) is 19.7 Å². The molecule has 0 spiro atoms. The second-order valence-electron chi connectivity index (χ2n) is 13.5. The van der Waals surface area contributed by atoms with Crippen LogP contribution in [0.25, 0.3) is 32.9 Å². The molecule has 3 aliphatic heterocycles. The van der Waals surface area contributed by atoms with E-state index in [2.05, 4.69) is 30.5 Å². The number of hydrogen-bond donors (Lipinski definition) is 3. The van der Waals surface area contributed by atoms with Crippen molar-refractivity contribution >= 4 is 27.8 Å². The molecule has 4 aromatic rings. The molecule has 10 nitrogen and oxygen atoms in total. The number of fused-ring (bicyclic) bond motifs is 3. The predicted molar refractivity (Wildman–Crippen MR) is 175 cm³/mol. The van der Waals surface area contributed by atoms with E-state index >= 15 is 8.78 Å². The minimum Gasteiger partial charge on any atom is -0.463 e. The lowest BCUT2D eigenvalue weighted by molar-refractivity contribution is 0.00778. The Morgan fingerprint density at radius 2 is 2.06 bits per heavy atom. The highest BCUT2D eigenvalue weighted by molar-refractivity contribution is 5.99. The molecule has 48 heavy (non-hydrogen) atoms. The molecule has 254 valence electrons. The van der Waals surface area contributed by atoms with Crippen LogP contribution >= 0.6 is 0 Å². The normalized spacial score (nSPS) is 24.2. The van der Waals surface area contributed by atoms with Gasteiger partial charge >= 0.3 is 6.09 Å². The number of alkyl carbamates (subject to hydrolysis) is 1. The fraction of sp³-hybridized carbons (Fsp3) is 0.486. The van der Waals surface area contributed by atoms with Crippen molar-refractivity contribution in [1.82, 2.24) is 30.5 Å². The van der Waals surface area contributed by atoms with Gasteiger partial charge in [0.1, 0.15) is 35.4 Å². The number of aryl methyl sites for hydroxylation is 1. The first-order valence-electron chi connectivity index (χ1n) is 16.6. The monoisotopic (exact) mass is 664 g/mol. The molecule has 0 bridgehead atoms. The average molecular weight is 665 g/mol. The van der Waals surface area contributed by atoms with Crippen LogP contribution in [0, 0.1) is 11.6 Å². The minimum absolute atomic E-state index is 0.0589. The number of alkyl halides is 1. The van der Waals surface area contributed by atoms with Gasteiger partial charge in [-0.2, -0.15) is 4.98 Å². The summed E-state index contributed by atoms with van der Waals surface area (Å²) in [5.41, 5.74) is -1.28. The summed E-state index contributed by atoms with van der Waals surface area (Å²) in [7, 11) is 0. The first kappa shape index (κ1) is 32.3. The summed E-state index contributed by atoms with van der Waals surface area (Å²) in [5, 5.41) is 7.10. The van der Waals surface area contributed by atoms with E-state index < -0.39 is 40.6 Å². The number of benzene rings is 2. The maximum atomic E-state index is 16.3. The quantitative estimate of drug-likeness (QED) is 0.210. The van der Waals surface area contributed by atoms with Crippen LogP contribution in [0.5, 0.6) is 6.01 Å². The number of nitrogens with one attached hydrogen (secondary N) is 3. The number of nitrogens with zero attached hydrogens (tertiary/aromatic N) is 3. The van der Waals surface area contributed by atoms with Crippen LogP contribution in [-0.4, -0.2) is 82.6 Å². The van der Waals surface area contributed by atoms with Gasteiger partial charge < -0.3 is 20.1 Å². The number of piperidine rings is 1. The molecule has 3 saturated heterocycles. The van der Waals surface area contributed by atoms with Gasteiger partial charge in [0.25, 0.3) is 11.6 Å². The van der Waals surface area contributed by atoms with Crippen LogP contribution in [0.2, 0.25) is 0 Å². The number of ether oxygens (including phenoxy) is 2. The van der Waals surface area contributed by atoms with Crippen molar-refractivity contribution in [2.45, 2.75) is 69.2 Å². The van der Waals surface area contributed by atoms with E-state index in [9.17, 15) is 14.0 Å². The zero-order chi connectivity index (χ0) is 33.5. The second kappa shape index (κ2) is 13.0. The molecule has 13 heteroatoms. The molecule has 3 aliphatic rings. The molecule has 5 heterocycles. The number of hydrogen-bond acceptors (Lipinski definition) is 8. The van der Waals surface area contributed by atoms with E-state index in [1.165, 1.54) is 12.3 Å². The lowest BCUT2D eigenvalue weighted by Gasteiger charge is -2.33. The largest absolute Gasteiger partial charge is 0.463 e. The zero-order valence-corrected chi connectivity index (χ0v) is 26.8. The van der Waals surface area contributed by atoms with E-state index in [1.54, 1.807) is 24.3 Å². The maximum Gasteiger partial charge on any atom is 0.407 e. The molecular weight excluding hydrogens is 625 g/mol. The van der Waals surface area contributed by atoms with Gasteiger partial charge in [0.05, 0.1) is 10.9 Å². The van der Waals surface area contributed by atoms with Crippen LogP contribution in [-0.2, 0) is 11.2 Å². The van der Waals surface area contributed by atoms with Crippen molar-refractivity contribution in [3.8, 4) is 17.3 Å². The van der Waals surface area contributed by atoms with Gasteiger partial charge in [0.15, 0.2) is 5.82 Å². The van der Waals surface area contributed by atoms with Crippen LogP contribution < -0.4 is 20.9 Å². The number of amides is 1. The molecule has 0 unspecified atom stereocenters. The van der Waals surface area contributed by atoms with Crippen molar-refractivity contribution in [3.63, 3.8) is 0 Å². The Bertz CT molecular complexity index is 1920. The van der Waals surface area contributed by atoms with Crippen molar-refractivity contribution in [2.75, 3.05) is 39.3 Å². The third kappa shape index (κ3) is 6.21. The highest BCUT2D eigenvalue weighted by Gasteiger charge is 2.49. The highest BCUT2D eigenvalue weighted by atomic mass is 19.1. The summed E-state index contributed by atoms with van der Waals surface area (Å²) in [6.45, 7) is 4.88. The van der Waals surface area contributed by atoms with E-state index in [-0.39, 0.29) is 42.2 Å². The molecule has 2 aromatic heterocycles. The molecule has 1 amide bonds. The molecule has 3 N–H and O–H groups in total. The summed E-state index contributed by atoms with van der Waals surface area (Å²) in [6.07, 6.45) is 4.16. The third-order valence-electron chi connectivity index (χ3n) is 10.0. The lowest BCUT2D eigenvalue weighted by Crippen LogP contribution is -2.48. The zero-order valence-electron chi connectivity index (χ0n) is 26.8. The Labute approximate surface area is 275 Å². The number of H-pyrrole nitrogens is 1. The summed E-state index contributed by atoms with van der Waals surface area (Å²) in [4.78, 5) is 38.7. The Morgan fingerprint density at radius 3 is 2.90 bits per heavy atom. The Hall–Kier alpha value is -4.23. The number of pyridine rings is 1. The fourth-order valence-electron chi connectivity index (χ4n) is 7.66. The lowest BCUT2D eigenvalue weighted by atomic mass is 9.94. The SMILES string of the molecule is C[C@@]1(OC(=O)NCCCc2c(F)ccc3cccc(-c4ncc5c(=O)[nH]c(OC[C@@]67CCCN6C[C@H](F)C7)nc5c4F)c23)CCCNC1. The van der Waals surface area contributed by atoms with Gasteiger partial charge in [-0.15, -0.1) is 0 Å². The Balaban J connectivity index is 1.14. The topological polar surface area (TPSA) is 121 Å². The second-order valence-corrected chi connectivity index (χ2v) is 13.5. The molecule has 3 atom stereocenters. The molecular formula is C35H39F3N6O4. The number of rotatable bonds is 9. The first-order valence-corrected chi connectivity index (χ1v) is 16.6. The average Bonchev–Trinajstić information content (AvgIpc) is 3.59. The van der Waals surface area contributed by atoms with Crippen molar-refractivity contribution in [1.29, 1.82) is 0 Å². The number of carbonyl (C=O) groups is 1. The molecule has 0 aliphatic carbocycles. The Kier molecular flexibility index (Phi) is 8.75. The number of halogens is 3. The number of aromatic nitrogens is 3. The molecule has 3 fully saturated rings. The first-order chi connectivity index (χ1) is 23.1. The van der Waals surface area contributed by atoms with Crippen molar-refractivity contribution < 1.29 is 27.4 Å². The fourth-order valence-corrected chi connectivity index (χ4v) is 7.66. The summed E-state index contributed by atoms with van der Waals surface area (Å²) < 4.78 is 57.6. The standard InChI is InChI=1S/C35H39F3N6O4/c1-34(11-4-13-39-19-34)48-33(46)40-14-3-8-23-26(37)10-9-21-6-2-7-24(27(21)23)29-28(38)30-25(17-41-29)31(45)43-32(42-30)47-20-35-12-5-15-44(35)18-22(36)16-35/h2,6-7,9-10,17,22,39H,3-5,8,11-16,18-20H2,1H3,(H,40,46)(H,42,43,45)/t22-,34-,35+/m1/s1. The van der Waals surface area contributed by atoms with Gasteiger partial charge in [0.2, 0.25) is 0 Å². The molecule has 7 rings (SSSR count). The molecule has 2 aromatic carbocycles. The molecule has 0 radical (unpaired) electrons. The van der Waals surface area contributed by atoms with Crippen LogP contribution in [0.3, 0.4) is 0 Å². The van der Waals surface area contributed by atoms with E-state index in [4.69, 9.17) is 9.47 Å². The highest BCUT2D eigenvalue weighted by Crippen LogP contribution is 2.40. The predicted octanol–water partition coefficient (Wildman–Crippen LogP) is 5.17. The van der Waals surface area contributed by atoms with Crippen LogP contribution in [0.4, 0.5) is 18.0 Å². The summed E-state index contributed by atoms with van der Waals surface area (Å²) in [6, 6.07) is 8.03. The van der Waals surface area contributed by atoms with E-state index in [0.29, 0.717) is 47.8 Å². The van der Waals surface area contributed by atoms with Crippen molar-refractivity contribution in [3.05, 3.63) is 64.1 Å². The summed E-state index contributed by atoms with van der Waals surface area (Å²) >= 11 is 0. The van der Waals surface area contributed by atoms with Crippen molar-refractivity contribution in [2.24, 2.45) is 0 Å².